The minimum absolute atomic E-state index is 0.0662. The molecule has 0 fully saturated rings. The third kappa shape index (κ3) is 4.67. The van der Waals surface area contributed by atoms with Crippen LogP contribution in [0.2, 0.25) is 0 Å². The van der Waals surface area contributed by atoms with E-state index in [9.17, 15) is 4.79 Å². The summed E-state index contributed by atoms with van der Waals surface area (Å²) in [5.41, 5.74) is 2.13. The van der Waals surface area contributed by atoms with Crippen molar-refractivity contribution in [1.29, 1.82) is 0 Å². The van der Waals surface area contributed by atoms with E-state index in [1.54, 1.807) is 6.26 Å². The van der Waals surface area contributed by atoms with Crippen LogP contribution >= 0.6 is 11.8 Å². The van der Waals surface area contributed by atoms with E-state index in [1.807, 2.05) is 47.4 Å². The SMILES string of the molecule is CCn1c(SCC(=O)N(Cc2ccco2)C2=CCCCC2)nnc1-c1ccccc1. The Hall–Kier alpha value is -2.80. The first-order valence-corrected chi connectivity index (χ1v) is 11.4. The van der Waals surface area contributed by atoms with Gasteiger partial charge in [-0.3, -0.25) is 4.79 Å². The summed E-state index contributed by atoms with van der Waals surface area (Å²) in [6, 6.07) is 13.8. The van der Waals surface area contributed by atoms with Crippen molar-refractivity contribution in [3.63, 3.8) is 0 Å². The fraction of sp³-hybridized carbons (Fsp3) is 0.348. The van der Waals surface area contributed by atoms with Crippen LogP contribution in [0.25, 0.3) is 11.4 Å². The summed E-state index contributed by atoms with van der Waals surface area (Å²) in [6.07, 6.45) is 8.09. The molecule has 6 nitrogen and oxygen atoms in total. The van der Waals surface area contributed by atoms with E-state index < -0.39 is 0 Å². The van der Waals surface area contributed by atoms with E-state index in [-0.39, 0.29) is 5.91 Å². The molecule has 156 valence electrons. The minimum Gasteiger partial charge on any atom is -0.467 e. The van der Waals surface area contributed by atoms with Crippen molar-refractivity contribution in [3.05, 3.63) is 66.3 Å². The van der Waals surface area contributed by atoms with Crippen LogP contribution in [0.15, 0.2) is 70.1 Å². The Morgan fingerprint density at radius 2 is 2.03 bits per heavy atom. The maximum atomic E-state index is 13.2. The summed E-state index contributed by atoms with van der Waals surface area (Å²) in [5, 5.41) is 9.49. The van der Waals surface area contributed by atoms with Gasteiger partial charge in [0.05, 0.1) is 18.6 Å². The van der Waals surface area contributed by atoms with Gasteiger partial charge in [0.15, 0.2) is 11.0 Å². The first kappa shape index (κ1) is 20.5. The molecule has 0 spiro atoms. The van der Waals surface area contributed by atoms with Crippen molar-refractivity contribution in [1.82, 2.24) is 19.7 Å². The number of nitrogens with zero attached hydrogens (tertiary/aromatic N) is 4. The average molecular weight is 423 g/mol. The number of aromatic nitrogens is 3. The van der Waals surface area contributed by atoms with E-state index in [1.165, 1.54) is 18.2 Å². The van der Waals surface area contributed by atoms with E-state index in [2.05, 4.69) is 27.8 Å². The molecule has 0 bridgehead atoms. The lowest BCUT2D eigenvalue weighted by Gasteiger charge is -2.27. The van der Waals surface area contributed by atoms with Gasteiger partial charge in [-0.1, -0.05) is 48.2 Å². The van der Waals surface area contributed by atoms with Crippen molar-refractivity contribution in [2.75, 3.05) is 5.75 Å². The Bertz CT molecular complexity index is 996. The first-order chi connectivity index (χ1) is 14.8. The van der Waals surface area contributed by atoms with Crippen LogP contribution < -0.4 is 0 Å². The molecule has 0 N–H and O–H groups in total. The van der Waals surface area contributed by atoms with Crippen LogP contribution in [0.3, 0.4) is 0 Å². The van der Waals surface area contributed by atoms with Crippen LogP contribution in [-0.2, 0) is 17.9 Å². The number of carbonyl (C=O) groups is 1. The number of carbonyl (C=O) groups excluding carboxylic acids is 1. The first-order valence-electron chi connectivity index (χ1n) is 10.4. The minimum atomic E-state index is 0.0662. The highest BCUT2D eigenvalue weighted by Crippen LogP contribution is 2.27. The number of benzene rings is 1. The molecule has 2 heterocycles. The number of allylic oxidation sites excluding steroid dienone is 2. The van der Waals surface area contributed by atoms with Crippen LogP contribution in [0.5, 0.6) is 0 Å². The zero-order chi connectivity index (χ0) is 20.8. The third-order valence-electron chi connectivity index (χ3n) is 5.20. The Morgan fingerprint density at radius 3 is 2.73 bits per heavy atom. The maximum Gasteiger partial charge on any atom is 0.237 e. The Kier molecular flexibility index (Phi) is 6.69. The zero-order valence-electron chi connectivity index (χ0n) is 17.2. The number of hydrogen-bond donors (Lipinski definition) is 0. The number of thioether (sulfide) groups is 1. The lowest BCUT2D eigenvalue weighted by Crippen LogP contribution is -2.32. The molecule has 0 unspecified atom stereocenters. The van der Waals surface area contributed by atoms with E-state index in [0.717, 1.165) is 53.8 Å². The fourth-order valence-corrected chi connectivity index (χ4v) is 4.54. The quantitative estimate of drug-likeness (QED) is 0.471. The summed E-state index contributed by atoms with van der Waals surface area (Å²) >= 11 is 1.44. The molecule has 1 aliphatic carbocycles. The Morgan fingerprint density at radius 1 is 1.17 bits per heavy atom. The highest BCUT2D eigenvalue weighted by atomic mass is 32.2. The van der Waals surface area contributed by atoms with Crippen LogP contribution in [0, 0.1) is 0 Å². The maximum absolute atomic E-state index is 13.2. The monoisotopic (exact) mass is 422 g/mol. The number of amides is 1. The van der Waals surface area contributed by atoms with Crippen LogP contribution in [0.1, 0.15) is 38.4 Å². The van der Waals surface area contributed by atoms with Gasteiger partial charge in [-0.05, 0) is 44.7 Å². The molecular weight excluding hydrogens is 396 g/mol. The number of rotatable bonds is 8. The molecule has 7 heteroatoms. The molecule has 30 heavy (non-hydrogen) atoms. The molecule has 1 aromatic carbocycles. The molecule has 3 aromatic rings. The van der Waals surface area contributed by atoms with Gasteiger partial charge < -0.3 is 13.9 Å². The van der Waals surface area contributed by atoms with Crippen molar-refractivity contribution >= 4 is 17.7 Å². The van der Waals surface area contributed by atoms with Crippen LogP contribution in [-0.4, -0.2) is 31.3 Å². The highest BCUT2D eigenvalue weighted by Gasteiger charge is 2.22. The predicted octanol–water partition coefficient (Wildman–Crippen LogP) is 5.14. The molecule has 2 aromatic heterocycles. The van der Waals surface area contributed by atoms with E-state index >= 15 is 0 Å². The number of furan rings is 1. The standard InChI is InChI=1S/C23H26N4O2S/c1-2-26-22(18-10-5-3-6-11-18)24-25-23(26)30-17-21(28)27(16-20-14-9-15-29-20)19-12-7-4-8-13-19/h3,5-6,9-12,14-15H,2,4,7-8,13,16-17H2,1H3. The fourth-order valence-electron chi connectivity index (χ4n) is 3.66. The van der Waals surface area contributed by atoms with E-state index in [4.69, 9.17) is 4.42 Å². The second-order valence-electron chi connectivity index (χ2n) is 7.21. The van der Waals surface area contributed by atoms with Crippen LogP contribution in [0.4, 0.5) is 0 Å². The molecule has 0 saturated heterocycles. The van der Waals surface area contributed by atoms with Gasteiger partial charge in [-0.25, -0.2) is 0 Å². The van der Waals surface area contributed by atoms with Gasteiger partial charge in [-0.15, -0.1) is 10.2 Å². The Labute approximate surface area is 181 Å². The van der Waals surface area contributed by atoms with Gasteiger partial charge >= 0.3 is 0 Å². The molecule has 0 atom stereocenters. The summed E-state index contributed by atoms with van der Waals surface area (Å²) in [7, 11) is 0. The largest absolute Gasteiger partial charge is 0.467 e. The van der Waals surface area contributed by atoms with Crippen molar-refractivity contribution in [2.45, 2.75) is 50.9 Å². The van der Waals surface area contributed by atoms with E-state index in [0.29, 0.717) is 12.3 Å². The molecule has 1 aliphatic rings. The summed E-state index contributed by atoms with van der Waals surface area (Å²) in [6.45, 7) is 3.28. The molecule has 1 amide bonds. The van der Waals surface area contributed by atoms with Crippen molar-refractivity contribution in [3.8, 4) is 11.4 Å². The molecule has 4 rings (SSSR count). The molecule has 0 aliphatic heterocycles. The van der Waals surface area contributed by atoms with Gasteiger partial charge in [-0.2, -0.15) is 0 Å². The third-order valence-corrected chi connectivity index (χ3v) is 6.15. The van der Waals surface area contributed by atoms with Gasteiger partial charge in [0, 0.05) is 17.8 Å². The zero-order valence-corrected chi connectivity index (χ0v) is 18.0. The predicted molar refractivity (Wildman–Crippen MR) is 118 cm³/mol. The summed E-state index contributed by atoms with van der Waals surface area (Å²) in [5.74, 6) is 2.00. The van der Waals surface area contributed by atoms with Gasteiger partial charge in [0.25, 0.3) is 0 Å². The molecule has 0 radical (unpaired) electrons. The summed E-state index contributed by atoms with van der Waals surface area (Å²) in [4.78, 5) is 15.1. The topological polar surface area (TPSA) is 64.2 Å². The van der Waals surface area contributed by atoms with Gasteiger partial charge in [0.1, 0.15) is 5.76 Å². The number of hydrogen-bond acceptors (Lipinski definition) is 5. The van der Waals surface area contributed by atoms with Crippen molar-refractivity contribution in [2.24, 2.45) is 0 Å². The van der Waals surface area contributed by atoms with Gasteiger partial charge in [0.2, 0.25) is 5.91 Å². The molecular formula is C23H26N4O2S. The lowest BCUT2D eigenvalue weighted by atomic mass is 10.0. The second kappa shape index (κ2) is 9.80. The average Bonchev–Trinajstić information content (AvgIpc) is 3.46. The normalized spacial score (nSPS) is 13.8. The second-order valence-corrected chi connectivity index (χ2v) is 8.15. The summed E-state index contributed by atoms with van der Waals surface area (Å²) < 4.78 is 7.56. The molecule has 0 saturated carbocycles. The Balaban J connectivity index is 1.49. The highest BCUT2D eigenvalue weighted by molar-refractivity contribution is 7.99. The van der Waals surface area contributed by atoms with Crippen molar-refractivity contribution < 1.29 is 9.21 Å². The smallest absolute Gasteiger partial charge is 0.237 e. The lowest BCUT2D eigenvalue weighted by molar-refractivity contribution is -0.127.